The first kappa shape index (κ1) is 13.3. The molecule has 0 aliphatic heterocycles. The summed E-state index contributed by atoms with van der Waals surface area (Å²) in [5, 5.41) is 5.02. The highest BCUT2D eigenvalue weighted by Crippen LogP contribution is 2.20. The molecule has 0 amide bonds. The van der Waals surface area contributed by atoms with Crippen LogP contribution in [-0.4, -0.2) is 22.0 Å². The van der Waals surface area contributed by atoms with Crippen molar-refractivity contribution in [2.24, 2.45) is 0 Å². The summed E-state index contributed by atoms with van der Waals surface area (Å²) in [6.07, 6.45) is 0. The van der Waals surface area contributed by atoms with Crippen LogP contribution >= 0.6 is 11.6 Å². The van der Waals surface area contributed by atoms with Crippen molar-refractivity contribution < 1.29 is 13.2 Å². The van der Waals surface area contributed by atoms with Crippen LogP contribution in [0.3, 0.4) is 0 Å². The lowest BCUT2D eigenvalue weighted by atomic mass is 10.3. The van der Waals surface area contributed by atoms with Crippen LogP contribution in [0.4, 0.5) is 30.8 Å². The quantitative estimate of drug-likeness (QED) is 0.851. The Labute approximate surface area is 110 Å². The number of hydrogen-bond acceptors (Lipinski definition) is 5. The fourth-order valence-electron chi connectivity index (χ4n) is 1.27. The summed E-state index contributed by atoms with van der Waals surface area (Å²) < 4.78 is 38.8. The Morgan fingerprint density at radius 3 is 2.16 bits per heavy atom. The van der Waals surface area contributed by atoms with Crippen LogP contribution in [0.15, 0.2) is 12.1 Å². The van der Waals surface area contributed by atoms with Crippen LogP contribution in [0.5, 0.6) is 0 Å². The molecule has 0 unspecified atom stereocenters. The summed E-state index contributed by atoms with van der Waals surface area (Å²) in [7, 11) is 1.56. The molecule has 0 aliphatic rings. The number of nitrogens with one attached hydrogen (secondary N) is 2. The molecule has 5 nitrogen and oxygen atoms in total. The highest BCUT2D eigenvalue weighted by Gasteiger charge is 2.12. The minimum absolute atomic E-state index is 0.0326. The van der Waals surface area contributed by atoms with Gasteiger partial charge in [-0.25, -0.2) is 13.2 Å². The number of aromatic nitrogens is 3. The first-order valence-electron chi connectivity index (χ1n) is 5.00. The van der Waals surface area contributed by atoms with Crippen molar-refractivity contribution in [3.8, 4) is 0 Å². The van der Waals surface area contributed by atoms with Gasteiger partial charge in [-0.2, -0.15) is 15.0 Å². The van der Waals surface area contributed by atoms with E-state index in [1.807, 2.05) is 0 Å². The van der Waals surface area contributed by atoms with E-state index in [0.29, 0.717) is 0 Å². The predicted molar refractivity (Wildman–Crippen MR) is 64.0 cm³/mol. The second-order valence-electron chi connectivity index (χ2n) is 3.38. The van der Waals surface area contributed by atoms with Gasteiger partial charge < -0.3 is 10.6 Å². The Morgan fingerprint density at radius 1 is 1.00 bits per heavy atom. The Bertz CT molecular complexity index is 599. The van der Waals surface area contributed by atoms with Crippen molar-refractivity contribution in [3.05, 3.63) is 34.9 Å². The summed E-state index contributed by atoms with van der Waals surface area (Å²) in [4.78, 5) is 11.3. The van der Waals surface area contributed by atoms with Crippen molar-refractivity contribution in [1.82, 2.24) is 15.0 Å². The fraction of sp³-hybridized carbons (Fsp3) is 0.100. The maximum absolute atomic E-state index is 13.0. The molecule has 1 aromatic heterocycles. The molecular formula is C10H7ClF3N5. The SMILES string of the molecule is CNc1nc(Cl)nc(Nc2cc(F)c(F)c(F)c2)n1. The molecule has 0 radical (unpaired) electrons. The van der Waals surface area contributed by atoms with Gasteiger partial charge in [0.2, 0.25) is 17.2 Å². The van der Waals surface area contributed by atoms with E-state index in [-0.39, 0.29) is 22.9 Å². The molecule has 0 fully saturated rings. The molecule has 1 aromatic carbocycles. The van der Waals surface area contributed by atoms with Gasteiger partial charge >= 0.3 is 0 Å². The van der Waals surface area contributed by atoms with Gasteiger partial charge in [0.15, 0.2) is 17.5 Å². The number of nitrogens with zero attached hydrogens (tertiary/aromatic N) is 3. The van der Waals surface area contributed by atoms with Gasteiger partial charge in [-0.15, -0.1) is 0 Å². The van der Waals surface area contributed by atoms with E-state index in [4.69, 9.17) is 11.6 Å². The molecule has 2 N–H and O–H groups in total. The number of hydrogen-bond donors (Lipinski definition) is 2. The predicted octanol–water partition coefficient (Wildman–Crippen LogP) is 2.73. The highest BCUT2D eigenvalue weighted by molar-refractivity contribution is 6.28. The second kappa shape index (κ2) is 5.27. The van der Waals surface area contributed by atoms with E-state index in [2.05, 4.69) is 25.6 Å². The molecule has 2 aromatic rings. The summed E-state index contributed by atoms with van der Waals surface area (Å²) in [6, 6.07) is 1.55. The topological polar surface area (TPSA) is 62.7 Å². The maximum atomic E-state index is 13.0. The van der Waals surface area contributed by atoms with Crippen LogP contribution in [0.25, 0.3) is 0 Å². The molecule has 0 saturated heterocycles. The molecule has 0 atom stereocenters. The third kappa shape index (κ3) is 3.02. The zero-order valence-corrected chi connectivity index (χ0v) is 10.3. The highest BCUT2D eigenvalue weighted by atomic mass is 35.5. The van der Waals surface area contributed by atoms with E-state index in [9.17, 15) is 13.2 Å². The minimum Gasteiger partial charge on any atom is -0.357 e. The van der Waals surface area contributed by atoms with Gasteiger partial charge in [0, 0.05) is 24.9 Å². The van der Waals surface area contributed by atoms with Crippen molar-refractivity contribution >= 4 is 29.2 Å². The molecule has 19 heavy (non-hydrogen) atoms. The Hall–Kier alpha value is -2.09. The zero-order chi connectivity index (χ0) is 14.0. The third-order valence-corrected chi connectivity index (χ3v) is 2.24. The molecule has 9 heteroatoms. The van der Waals surface area contributed by atoms with Gasteiger partial charge in [-0.05, 0) is 11.6 Å². The summed E-state index contributed by atoms with van der Waals surface area (Å²) >= 11 is 5.63. The molecule has 0 spiro atoms. The monoisotopic (exact) mass is 289 g/mol. The average molecular weight is 290 g/mol. The number of anilines is 3. The second-order valence-corrected chi connectivity index (χ2v) is 3.72. The fourth-order valence-corrected chi connectivity index (χ4v) is 1.43. The minimum atomic E-state index is -1.55. The summed E-state index contributed by atoms with van der Waals surface area (Å²) in [5.74, 6) is -4.05. The Kier molecular flexibility index (Phi) is 3.70. The first-order chi connectivity index (χ1) is 8.99. The smallest absolute Gasteiger partial charge is 0.233 e. The van der Waals surface area contributed by atoms with E-state index in [1.54, 1.807) is 7.05 Å². The number of halogens is 4. The molecule has 0 saturated carbocycles. The van der Waals surface area contributed by atoms with Crippen LogP contribution < -0.4 is 10.6 Å². The standard InChI is InChI=1S/C10H7ClF3N5/c1-15-9-17-8(11)18-10(19-9)16-4-2-5(12)7(14)6(13)3-4/h2-3H,1H3,(H2,15,16,17,18,19). The van der Waals surface area contributed by atoms with Crippen LogP contribution in [0.1, 0.15) is 0 Å². The van der Waals surface area contributed by atoms with Gasteiger partial charge in [-0.1, -0.05) is 0 Å². The molecule has 0 bridgehead atoms. The van der Waals surface area contributed by atoms with Crippen molar-refractivity contribution in [1.29, 1.82) is 0 Å². The normalized spacial score (nSPS) is 10.4. The van der Waals surface area contributed by atoms with Gasteiger partial charge in [0.1, 0.15) is 0 Å². The lowest BCUT2D eigenvalue weighted by Crippen LogP contribution is -2.04. The van der Waals surface area contributed by atoms with E-state index in [1.165, 1.54) is 0 Å². The van der Waals surface area contributed by atoms with Crippen molar-refractivity contribution in [2.75, 3.05) is 17.7 Å². The van der Waals surface area contributed by atoms with Gasteiger partial charge in [0.05, 0.1) is 0 Å². The van der Waals surface area contributed by atoms with E-state index >= 15 is 0 Å². The van der Waals surface area contributed by atoms with E-state index in [0.717, 1.165) is 12.1 Å². The van der Waals surface area contributed by atoms with Crippen LogP contribution in [-0.2, 0) is 0 Å². The Morgan fingerprint density at radius 2 is 1.58 bits per heavy atom. The molecule has 0 aliphatic carbocycles. The lowest BCUT2D eigenvalue weighted by molar-refractivity contribution is 0.448. The zero-order valence-electron chi connectivity index (χ0n) is 9.51. The number of benzene rings is 1. The number of rotatable bonds is 3. The van der Waals surface area contributed by atoms with Gasteiger partial charge in [-0.3, -0.25) is 0 Å². The average Bonchev–Trinajstić information content (AvgIpc) is 2.35. The maximum Gasteiger partial charge on any atom is 0.233 e. The molecular weight excluding hydrogens is 283 g/mol. The first-order valence-corrected chi connectivity index (χ1v) is 5.38. The van der Waals surface area contributed by atoms with Crippen LogP contribution in [0.2, 0.25) is 5.28 Å². The van der Waals surface area contributed by atoms with Crippen molar-refractivity contribution in [2.45, 2.75) is 0 Å². The Balaban J connectivity index is 2.33. The molecule has 100 valence electrons. The summed E-state index contributed by atoms with van der Waals surface area (Å²) in [5.41, 5.74) is -0.0549. The van der Waals surface area contributed by atoms with Crippen molar-refractivity contribution in [3.63, 3.8) is 0 Å². The largest absolute Gasteiger partial charge is 0.357 e. The van der Waals surface area contributed by atoms with Gasteiger partial charge in [0.25, 0.3) is 0 Å². The lowest BCUT2D eigenvalue weighted by Gasteiger charge is -2.07. The van der Waals surface area contributed by atoms with E-state index < -0.39 is 17.5 Å². The molecule has 2 rings (SSSR count). The summed E-state index contributed by atoms with van der Waals surface area (Å²) in [6.45, 7) is 0. The third-order valence-electron chi connectivity index (χ3n) is 2.07. The van der Waals surface area contributed by atoms with Crippen LogP contribution in [0, 0.1) is 17.5 Å². The molecule has 1 heterocycles.